The van der Waals surface area contributed by atoms with Crippen molar-refractivity contribution in [3.63, 3.8) is 0 Å². The summed E-state index contributed by atoms with van der Waals surface area (Å²) in [5, 5.41) is 9.76. The van der Waals surface area contributed by atoms with Crippen LogP contribution in [0.25, 0.3) is 0 Å². The molecule has 0 radical (unpaired) electrons. The molecular weight excluding hydrogens is 270 g/mol. The molecule has 1 saturated heterocycles. The summed E-state index contributed by atoms with van der Waals surface area (Å²) >= 11 is 0. The van der Waals surface area contributed by atoms with Gasteiger partial charge in [0.05, 0.1) is 7.11 Å². The van der Waals surface area contributed by atoms with E-state index in [9.17, 15) is 9.90 Å². The Morgan fingerprint density at radius 1 is 1.33 bits per heavy atom. The summed E-state index contributed by atoms with van der Waals surface area (Å²) in [5.74, 6) is 0.314. The maximum absolute atomic E-state index is 12.4. The first-order valence-corrected chi connectivity index (χ1v) is 7.24. The van der Waals surface area contributed by atoms with Gasteiger partial charge in [-0.3, -0.25) is 9.69 Å². The molecule has 1 amide bonds. The fourth-order valence-electron chi connectivity index (χ4n) is 2.50. The van der Waals surface area contributed by atoms with Gasteiger partial charge in [0.1, 0.15) is 0 Å². The summed E-state index contributed by atoms with van der Waals surface area (Å²) < 4.78 is 4.98. The summed E-state index contributed by atoms with van der Waals surface area (Å²) in [7, 11) is 1.48. The second-order valence-electron chi connectivity index (χ2n) is 5.16. The molecule has 0 aromatic heterocycles. The van der Waals surface area contributed by atoms with Gasteiger partial charge in [-0.25, -0.2) is 0 Å². The van der Waals surface area contributed by atoms with Gasteiger partial charge in [-0.1, -0.05) is 0 Å². The molecule has 0 saturated carbocycles. The van der Waals surface area contributed by atoms with Crippen molar-refractivity contribution in [2.45, 2.75) is 6.42 Å². The zero-order valence-corrected chi connectivity index (χ0v) is 12.4. The topological polar surface area (TPSA) is 79.0 Å². The van der Waals surface area contributed by atoms with Crippen molar-refractivity contribution in [3.05, 3.63) is 23.8 Å². The third-order valence-corrected chi connectivity index (χ3v) is 3.76. The van der Waals surface area contributed by atoms with Crippen LogP contribution in [0.3, 0.4) is 0 Å². The quantitative estimate of drug-likeness (QED) is 0.827. The number of aromatic hydroxyl groups is 1. The van der Waals surface area contributed by atoms with E-state index in [0.29, 0.717) is 30.9 Å². The zero-order chi connectivity index (χ0) is 15.2. The maximum atomic E-state index is 12.4. The van der Waals surface area contributed by atoms with Gasteiger partial charge in [0.25, 0.3) is 5.91 Å². The lowest BCUT2D eigenvalue weighted by Gasteiger charge is -2.34. The number of ether oxygens (including phenoxy) is 1. The van der Waals surface area contributed by atoms with Gasteiger partial charge in [0.2, 0.25) is 0 Å². The van der Waals surface area contributed by atoms with Crippen molar-refractivity contribution in [2.24, 2.45) is 5.73 Å². The molecule has 0 atom stereocenters. The number of phenolic OH excluding ortho intramolecular Hbond substituents is 1. The highest BCUT2D eigenvalue weighted by atomic mass is 16.5. The molecule has 1 aliphatic heterocycles. The van der Waals surface area contributed by atoms with Gasteiger partial charge in [-0.05, 0) is 37.7 Å². The minimum absolute atomic E-state index is 0.00932. The van der Waals surface area contributed by atoms with Crippen LogP contribution >= 0.6 is 0 Å². The molecule has 1 fully saturated rings. The average Bonchev–Trinajstić information content (AvgIpc) is 2.52. The number of benzene rings is 1. The van der Waals surface area contributed by atoms with Crippen LogP contribution in [0.5, 0.6) is 11.5 Å². The molecule has 116 valence electrons. The van der Waals surface area contributed by atoms with Gasteiger partial charge in [-0.2, -0.15) is 0 Å². The molecule has 1 aliphatic rings. The Kier molecular flexibility index (Phi) is 5.41. The summed E-state index contributed by atoms with van der Waals surface area (Å²) in [6.45, 7) is 4.83. The minimum Gasteiger partial charge on any atom is -0.504 e. The van der Waals surface area contributed by atoms with E-state index >= 15 is 0 Å². The van der Waals surface area contributed by atoms with Crippen LogP contribution in [0.4, 0.5) is 0 Å². The second kappa shape index (κ2) is 7.28. The highest BCUT2D eigenvalue weighted by molar-refractivity contribution is 5.95. The smallest absolute Gasteiger partial charge is 0.254 e. The zero-order valence-electron chi connectivity index (χ0n) is 12.4. The van der Waals surface area contributed by atoms with E-state index < -0.39 is 0 Å². The molecule has 6 heteroatoms. The number of rotatable bonds is 5. The molecule has 0 spiro atoms. The number of piperazine rings is 1. The number of methoxy groups -OCH3 is 1. The fourth-order valence-corrected chi connectivity index (χ4v) is 2.50. The molecule has 1 aromatic rings. The molecule has 0 aliphatic carbocycles. The van der Waals surface area contributed by atoms with Gasteiger partial charge >= 0.3 is 0 Å². The molecule has 3 N–H and O–H groups in total. The van der Waals surface area contributed by atoms with Crippen molar-refractivity contribution in [2.75, 3.05) is 46.4 Å². The summed E-state index contributed by atoms with van der Waals surface area (Å²) in [6.07, 6.45) is 0.986. The van der Waals surface area contributed by atoms with Crippen molar-refractivity contribution in [3.8, 4) is 11.5 Å². The Morgan fingerprint density at radius 2 is 2.05 bits per heavy atom. The summed E-state index contributed by atoms with van der Waals surface area (Å²) in [6, 6.07) is 4.75. The Hall–Kier alpha value is -1.79. The van der Waals surface area contributed by atoms with E-state index in [1.54, 1.807) is 12.1 Å². The van der Waals surface area contributed by atoms with Crippen molar-refractivity contribution < 1.29 is 14.6 Å². The van der Waals surface area contributed by atoms with Crippen LogP contribution < -0.4 is 10.5 Å². The highest BCUT2D eigenvalue weighted by Crippen LogP contribution is 2.26. The van der Waals surface area contributed by atoms with E-state index in [2.05, 4.69) is 4.90 Å². The Balaban J connectivity index is 1.94. The van der Waals surface area contributed by atoms with Gasteiger partial charge in [-0.15, -0.1) is 0 Å². The van der Waals surface area contributed by atoms with Gasteiger partial charge in [0, 0.05) is 31.7 Å². The Bertz CT molecular complexity index is 485. The van der Waals surface area contributed by atoms with Crippen LogP contribution in [0.15, 0.2) is 18.2 Å². The van der Waals surface area contributed by atoms with Crippen LogP contribution in [0.2, 0.25) is 0 Å². The number of amides is 1. The monoisotopic (exact) mass is 293 g/mol. The number of nitrogens with zero attached hydrogens (tertiary/aromatic N) is 2. The lowest BCUT2D eigenvalue weighted by atomic mass is 10.1. The predicted molar refractivity (Wildman–Crippen MR) is 80.7 cm³/mol. The van der Waals surface area contributed by atoms with E-state index in [-0.39, 0.29) is 11.7 Å². The fraction of sp³-hybridized carbons (Fsp3) is 0.533. The molecule has 0 unspecified atom stereocenters. The predicted octanol–water partition coefficient (Wildman–Crippen LogP) is 0.507. The number of carbonyl (C=O) groups is 1. The molecule has 21 heavy (non-hydrogen) atoms. The molecule has 6 nitrogen and oxygen atoms in total. The van der Waals surface area contributed by atoms with E-state index in [4.69, 9.17) is 10.5 Å². The van der Waals surface area contributed by atoms with Crippen molar-refractivity contribution >= 4 is 5.91 Å². The van der Waals surface area contributed by atoms with Crippen LogP contribution in [-0.2, 0) is 0 Å². The summed E-state index contributed by atoms with van der Waals surface area (Å²) in [4.78, 5) is 16.5. The lowest BCUT2D eigenvalue weighted by Crippen LogP contribution is -2.49. The Labute approximate surface area is 125 Å². The SMILES string of the molecule is COc1ccc(C(=O)N2CCN(CCCN)CC2)cc1O. The molecule has 2 rings (SSSR count). The third kappa shape index (κ3) is 3.86. The summed E-state index contributed by atoms with van der Waals surface area (Å²) in [5.41, 5.74) is 6.00. The molecule has 0 bridgehead atoms. The number of nitrogens with two attached hydrogens (primary N) is 1. The standard InChI is InChI=1S/C15H23N3O3/c1-21-14-4-3-12(11-13(14)19)15(20)18-9-7-17(8-10-18)6-2-5-16/h3-4,11,19H,2,5-10,16H2,1H3. The molecule has 1 heterocycles. The number of hydrogen-bond acceptors (Lipinski definition) is 5. The van der Waals surface area contributed by atoms with Crippen LogP contribution in [-0.4, -0.2) is 67.2 Å². The normalized spacial score (nSPS) is 16.0. The highest BCUT2D eigenvalue weighted by Gasteiger charge is 2.22. The number of carbonyl (C=O) groups excluding carboxylic acids is 1. The third-order valence-electron chi connectivity index (χ3n) is 3.76. The first-order valence-electron chi connectivity index (χ1n) is 7.24. The van der Waals surface area contributed by atoms with Gasteiger partial charge in [0.15, 0.2) is 11.5 Å². The van der Waals surface area contributed by atoms with Crippen LogP contribution in [0.1, 0.15) is 16.8 Å². The first-order chi connectivity index (χ1) is 10.2. The van der Waals surface area contributed by atoms with E-state index in [1.165, 1.54) is 13.2 Å². The number of phenols is 1. The van der Waals surface area contributed by atoms with E-state index in [1.807, 2.05) is 4.90 Å². The average molecular weight is 293 g/mol. The minimum atomic E-state index is -0.0496. The Morgan fingerprint density at radius 3 is 2.62 bits per heavy atom. The van der Waals surface area contributed by atoms with Gasteiger partial charge < -0.3 is 20.5 Å². The second-order valence-corrected chi connectivity index (χ2v) is 5.16. The van der Waals surface area contributed by atoms with Crippen LogP contribution in [0, 0.1) is 0 Å². The van der Waals surface area contributed by atoms with Crippen molar-refractivity contribution in [1.29, 1.82) is 0 Å². The molecular formula is C15H23N3O3. The maximum Gasteiger partial charge on any atom is 0.254 e. The van der Waals surface area contributed by atoms with E-state index in [0.717, 1.165) is 26.1 Å². The first kappa shape index (κ1) is 15.6. The lowest BCUT2D eigenvalue weighted by molar-refractivity contribution is 0.0636. The molecule has 1 aromatic carbocycles. The largest absolute Gasteiger partial charge is 0.504 e. The number of hydrogen-bond donors (Lipinski definition) is 2. The van der Waals surface area contributed by atoms with Crippen molar-refractivity contribution in [1.82, 2.24) is 9.80 Å².